The zero-order valence-corrected chi connectivity index (χ0v) is 13.5. The van der Waals surface area contributed by atoms with Crippen LogP contribution in [0.25, 0.3) is 0 Å². The van der Waals surface area contributed by atoms with Gasteiger partial charge in [-0.05, 0) is 43.3 Å². The molecule has 1 atom stereocenters. The maximum absolute atomic E-state index is 13.5. The van der Waals surface area contributed by atoms with Crippen molar-refractivity contribution in [3.63, 3.8) is 0 Å². The molecule has 0 aromatic heterocycles. The van der Waals surface area contributed by atoms with Crippen molar-refractivity contribution in [1.82, 2.24) is 10.9 Å². The number of hydrazine groups is 1. The minimum atomic E-state index is -2.97. The average Bonchev–Trinajstić information content (AvgIpc) is 2.61. The monoisotopic (exact) mass is 368 g/mol. The number of carbonyl (C=O) groups excluding carboxylic acids is 2. The van der Waals surface area contributed by atoms with Crippen LogP contribution in [-0.4, -0.2) is 24.5 Å². The molecule has 138 valence electrons. The largest absolute Gasteiger partial charge is 0.478 e. The number of carbonyl (C=O) groups is 2. The van der Waals surface area contributed by atoms with E-state index in [1.807, 2.05) is 0 Å². The van der Waals surface area contributed by atoms with Crippen molar-refractivity contribution in [3.05, 3.63) is 59.9 Å². The predicted molar refractivity (Wildman–Crippen MR) is 85.2 cm³/mol. The van der Waals surface area contributed by atoms with E-state index in [4.69, 9.17) is 4.74 Å². The van der Waals surface area contributed by atoms with E-state index < -0.39 is 30.3 Å². The summed E-state index contributed by atoms with van der Waals surface area (Å²) in [4.78, 5) is 23.8. The van der Waals surface area contributed by atoms with Gasteiger partial charge in [0.05, 0.1) is 0 Å². The van der Waals surface area contributed by atoms with Gasteiger partial charge in [0.15, 0.2) is 17.7 Å². The fraction of sp³-hybridized carbons (Fsp3) is 0.176. The van der Waals surface area contributed by atoms with Crippen LogP contribution < -0.4 is 20.3 Å². The first-order chi connectivity index (χ1) is 12.4. The Morgan fingerprint density at radius 3 is 2.23 bits per heavy atom. The van der Waals surface area contributed by atoms with Crippen molar-refractivity contribution in [3.8, 4) is 11.5 Å². The Kier molecular flexibility index (Phi) is 6.42. The molecule has 0 aliphatic carbocycles. The molecule has 1 unspecified atom stereocenters. The van der Waals surface area contributed by atoms with Crippen LogP contribution in [0, 0.1) is 5.82 Å². The molecule has 0 bridgehead atoms. The normalized spacial score (nSPS) is 11.6. The number of nitrogens with one attached hydrogen (secondary N) is 2. The lowest BCUT2D eigenvalue weighted by atomic mass is 10.2. The summed E-state index contributed by atoms with van der Waals surface area (Å²) in [6.07, 6.45) is -1.07. The fourth-order valence-corrected chi connectivity index (χ4v) is 1.86. The van der Waals surface area contributed by atoms with Gasteiger partial charge in [-0.2, -0.15) is 8.78 Å². The van der Waals surface area contributed by atoms with E-state index in [0.717, 1.165) is 0 Å². The molecule has 0 heterocycles. The number of halogens is 3. The second kappa shape index (κ2) is 8.75. The highest BCUT2D eigenvalue weighted by atomic mass is 19.3. The van der Waals surface area contributed by atoms with Gasteiger partial charge in [-0.25, -0.2) is 4.39 Å². The number of ether oxygens (including phenoxy) is 2. The Morgan fingerprint density at radius 1 is 0.962 bits per heavy atom. The lowest BCUT2D eigenvalue weighted by Crippen LogP contribution is -2.47. The van der Waals surface area contributed by atoms with Crippen molar-refractivity contribution < 1.29 is 32.2 Å². The highest BCUT2D eigenvalue weighted by Gasteiger charge is 2.17. The van der Waals surface area contributed by atoms with E-state index in [9.17, 15) is 22.8 Å². The zero-order chi connectivity index (χ0) is 19.1. The molecule has 0 radical (unpaired) electrons. The molecular formula is C17H15F3N2O4. The van der Waals surface area contributed by atoms with E-state index in [1.54, 1.807) is 6.07 Å². The third kappa shape index (κ3) is 5.40. The summed E-state index contributed by atoms with van der Waals surface area (Å²) in [6.45, 7) is -1.59. The first-order valence-corrected chi connectivity index (χ1v) is 7.43. The Balaban J connectivity index is 1.86. The van der Waals surface area contributed by atoms with Crippen molar-refractivity contribution in [2.45, 2.75) is 19.6 Å². The SMILES string of the molecule is CC(Oc1ccccc1F)C(=O)NNC(=O)c1ccc(OC(F)F)cc1. The maximum Gasteiger partial charge on any atom is 0.387 e. The lowest BCUT2D eigenvalue weighted by Gasteiger charge is -2.15. The standard InChI is InChI=1S/C17H15F3N2O4/c1-10(25-14-5-3-2-4-13(14)18)15(23)21-22-16(24)11-6-8-12(9-7-11)26-17(19)20/h2-10,17H,1H3,(H,21,23)(H,22,24). The van der Waals surface area contributed by atoms with Gasteiger partial charge in [0.1, 0.15) is 5.75 Å². The van der Waals surface area contributed by atoms with Crippen LogP contribution in [0.15, 0.2) is 48.5 Å². The summed E-state index contributed by atoms with van der Waals surface area (Å²) in [5.74, 6) is -2.22. The second-order valence-corrected chi connectivity index (χ2v) is 5.04. The molecule has 9 heteroatoms. The van der Waals surface area contributed by atoms with Crippen molar-refractivity contribution in [2.24, 2.45) is 0 Å². The number of para-hydroxylation sites is 1. The molecule has 2 aromatic carbocycles. The van der Waals surface area contributed by atoms with Gasteiger partial charge in [0, 0.05) is 5.56 Å². The van der Waals surface area contributed by atoms with E-state index in [0.29, 0.717) is 0 Å². The maximum atomic E-state index is 13.5. The van der Waals surface area contributed by atoms with Crippen LogP contribution in [0.1, 0.15) is 17.3 Å². The van der Waals surface area contributed by atoms with Crippen LogP contribution in [0.2, 0.25) is 0 Å². The van der Waals surface area contributed by atoms with E-state index in [1.165, 1.54) is 49.4 Å². The molecule has 0 aliphatic rings. The third-order valence-corrected chi connectivity index (χ3v) is 3.15. The summed E-state index contributed by atoms with van der Waals surface area (Å²) in [5, 5.41) is 0. The summed E-state index contributed by atoms with van der Waals surface area (Å²) >= 11 is 0. The van der Waals surface area contributed by atoms with E-state index in [-0.39, 0.29) is 17.1 Å². The first-order valence-electron chi connectivity index (χ1n) is 7.43. The van der Waals surface area contributed by atoms with Gasteiger partial charge >= 0.3 is 6.61 Å². The fourth-order valence-electron chi connectivity index (χ4n) is 1.86. The quantitative estimate of drug-likeness (QED) is 0.769. The van der Waals surface area contributed by atoms with Crippen molar-refractivity contribution in [1.29, 1.82) is 0 Å². The number of rotatable bonds is 6. The number of benzene rings is 2. The van der Waals surface area contributed by atoms with Crippen LogP contribution in [-0.2, 0) is 4.79 Å². The van der Waals surface area contributed by atoms with Crippen molar-refractivity contribution in [2.75, 3.05) is 0 Å². The molecule has 2 N–H and O–H groups in total. The molecule has 6 nitrogen and oxygen atoms in total. The summed E-state index contributed by atoms with van der Waals surface area (Å²) in [5.41, 5.74) is 4.38. The van der Waals surface area contributed by atoms with Crippen LogP contribution >= 0.6 is 0 Å². The highest BCUT2D eigenvalue weighted by Crippen LogP contribution is 2.17. The van der Waals surface area contributed by atoms with Gasteiger partial charge in [0.2, 0.25) is 0 Å². The minimum Gasteiger partial charge on any atom is -0.478 e. The molecule has 0 saturated carbocycles. The lowest BCUT2D eigenvalue weighted by molar-refractivity contribution is -0.128. The summed E-state index contributed by atoms with van der Waals surface area (Å²) in [6, 6.07) is 10.4. The van der Waals surface area contributed by atoms with Gasteiger partial charge in [-0.3, -0.25) is 20.4 Å². The Bertz CT molecular complexity index is 769. The van der Waals surface area contributed by atoms with Gasteiger partial charge in [-0.1, -0.05) is 12.1 Å². The molecule has 2 aromatic rings. The molecule has 2 amide bonds. The number of amides is 2. The van der Waals surface area contributed by atoms with E-state index in [2.05, 4.69) is 15.6 Å². The van der Waals surface area contributed by atoms with Crippen LogP contribution in [0.3, 0.4) is 0 Å². The Labute approximate surface area is 146 Å². The molecule has 0 aliphatic heterocycles. The Hall–Kier alpha value is -3.23. The molecule has 26 heavy (non-hydrogen) atoms. The van der Waals surface area contributed by atoms with Gasteiger partial charge in [0.25, 0.3) is 11.8 Å². The summed E-state index contributed by atoms with van der Waals surface area (Å²) < 4.78 is 46.9. The third-order valence-electron chi connectivity index (χ3n) is 3.15. The molecular weight excluding hydrogens is 353 g/mol. The highest BCUT2D eigenvalue weighted by molar-refractivity contribution is 5.95. The average molecular weight is 368 g/mol. The predicted octanol–water partition coefficient (Wildman–Crippen LogP) is 2.66. The number of hydrogen-bond donors (Lipinski definition) is 2. The Morgan fingerprint density at radius 2 is 1.62 bits per heavy atom. The van der Waals surface area contributed by atoms with Crippen LogP contribution in [0.4, 0.5) is 13.2 Å². The summed E-state index contributed by atoms with van der Waals surface area (Å²) in [7, 11) is 0. The molecule has 0 saturated heterocycles. The zero-order valence-electron chi connectivity index (χ0n) is 13.5. The molecule has 0 fully saturated rings. The molecule has 2 rings (SSSR count). The smallest absolute Gasteiger partial charge is 0.387 e. The second-order valence-electron chi connectivity index (χ2n) is 5.04. The topological polar surface area (TPSA) is 76.7 Å². The minimum absolute atomic E-state index is 0.101. The van der Waals surface area contributed by atoms with Crippen molar-refractivity contribution >= 4 is 11.8 Å². The molecule has 0 spiro atoms. The van der Waals surface area contributed by atoms with Gasteiger partial charge in [-0.15, -0.1) is 0 Å². The number of alkyl halides is 2. The van der Waals surface area contributed by atoms with Gasteiger partial charge < -0.3 is 9.47 Å². The number of hydrogen-bond acceptors (Lipinski definition) is 4. The first kappa shape index (κ1) is 19.1. The van der Waals surface area contributed by atoms with Crippen LogP contribution in [0.5, 0.6) is 11.5 Å². The van der Waals surface area contributed by atoms with E-state index >= 15 is 0 Å².